The van der Waals surface area contributed by atoms with E-state index in [2.05, 4.69) is 0 Å². The summed E-state index contributed by atoms with van der Waals surface area (Å²) in [4.78, 5) is 10.5. The van der Waals surface area contributed by atoms with E-state index in [0.29, 0.717) is 0 Å². The number of carbonyl (C=O) groups is 1. The average molecular weight is 200 g/mol. The Morgan fingerprint density at radius 3 is 2.64 bits per heavy atom. The maximum atomic E-state index is 13.1. The first-order valence-electron chi connectivity index (χ1n) is 3.96. The van der Waals surface area contributed by atoms with Gasteiger partial charge in [-0.1, -0.05) is 0 Å². The molecule has 0 spiro atoms. The average Bonchev–Trinajstić information content (AvgIpc) is 2.57. The lowest BCUT2D eigenvalue weighted by atomic mass is 10.1. The molecular weight excluding hydrogens is 194 g/mol. The summed E-state index contributed by atoms with van der Waals surface area (Å²) in [6, 6.07) is 1.88. The van der Waals surface area contributed by atoms with Crippen molar-refractivity contribution in [1.29, 1.82) is 0 Å². The number of carboxylic acid groups (broad SMARTS) is 1. The number of hydrogen-bond acceptors (Lipinski definition) is 2. The molecule has 14 heavy (non-hydrogen) atoms. The van der Waals surface area contributed by atoms with Gasteiger partial charge in [0.05, 0.1) is 0 Å². The molecule has 1 aliphatic heterocycles. The van der Waals surface area contributed by atoms with Crippen LogP contribution in [0.25, 0.3) is 0 Å². The van der Waals surface area contributed by atoms with Crippen molar-refractivity contribution in [2.75, 3.05) is 0 Å². The Labute approximate surface area is 77.9 Å². The second kappa shape index (κ2) is 2.94. The molecule has 0 amide bonds. The molecule has 1 N–H and O–H groups in total. The summed E-state index contributed by atoms with van der Waals surface area (Å²) >= 11 is 0. The summed E-state index contributed by atoms with van der Waals surface area (Å²) in [6.45, 7) is 0. The lowest BCUT2D eigenvalue weighted by molar-refractivity contribution is -0.144. The van der Waals surface area contributed by atoms with E-state index >= 15 is 0 Å². The van der Waals surface area contributed by atoms with Crippen molar-refractivity contribution in [3.8, 4) is 5.75 Å². The first kappa shape index (κ1) is 8.93. The fraction of sp³-hybridized carbons (Fsp3) is 0.222. The van der Waals surface area contributed by atoms with Crippen molar-refractivity contribution in [2.24, 2.45) is 0 Å². The fourth-order valence-corrected chi connectivity index (χ4v) is 1.40. The third kappa shape index (κ3) is 1.21. The zero-order chi connectivity index (χ0) is 10.3. The Hall–Kier alpha value is -1.65. The van der Waals surface area contributed by atoms with Crippen molar-refractivity contribution in [1.82, 2.24) is 0 Å². The number of carboxylic acids is 1. The molecular formula is C9H6F2O3. The van der Waals surface area contributed by atoms with Gasteiger partial charge in [0, 0.05) is 12.0 Å². The maximum Gasteiger partial charge on any atom is 0.345 e. The lowest BCUT2D eigenvalue weighted by Gasteiger charge is -2.03. The molecule has 0 radical (unpaired) electrons. The van der Waals surface area contributed by atoms with Gasteiger partial charge in [0.2, 0.25) is 0 Å². The fourth-order valence-electron chi connectivity index (χ4n) is 1.40. The molecule has 74 valence electrons. The summed E-state index contributed by atoms with van der Waals surface area (Å²) in [5.41, 5.74) is -0.00241. The summed E-state index contributed by atoms with van der Waals surface area (Å²) < 4.78 is 30.9. The van der Waals surface area contributed by atoms with Gasteiger partial charge in [-0.15, -0.1) is 0 Å². The second-order valence-electron chi connectivity index (χ2n) is 2.99. The van der Waals surface area contributed by atoms with Crippen LogP contribution in [0.4, 0.5) is 8.78 Å². The highest BCUT2D eigenvalue weighted by molar-refractivity contribution is 5.74. The first-order valence-corrected chi connectivity index (χ1v) is 3.96. The number of ether oxygens (including phenoxy) is 1. The van der Waals surface area contributed by atoms with Crippen LogP contribution in [0.2, 0.25) is 0 Å². The van der Waals surface area contributed by atoms with Gasteiger partial charge >= 0.3 is 5.97 Å². The number of fused-ring (bicyclic) bond motifs is 1. The van der Waals surface area contributed by atoms with Crippen LogP contribution >= 0.6 is 0 Å². The molecule has 1 unspecified atom stereocenters. The molecule has 5 heteroatoms. The van der Waals surface area contributed by atoms with Gasteiger partial charge in [-0.3, -0.25) is 0 Å². The molecule has 3 nitrogen and oxygen atoms in total. The quantitative estimate of drug-likeness (QED) is 0.744. The predicted octanol–water partition coefficient (Wildman–Crippen LogP) is 1.35. The van der Waals surface area contributed by atoms with Crippen molar-refractivity contribution in [3.05, 3.63) is 29.3 Å². The van der Waals surface area contributed by atoms with Gasteiger partial charge in [0.1, 0.15) is 5.82 Å². The van der Waals surface area contributed by atoms with Crippen LogP contribution in [0.15, 0.2) is 12.1 Å². The molecule has 0 fully saturated rings. The summed E-state index contributed by atoms with van der Waals surface area (Å²) in [5, 5.41) is 8.60. The van der Waals surface area contributed by atoms with E-state index in [9.17, 15) is 13.6 Å². The summed E-state index contributed by atoms with van der Waals surface area (Å²) in [7, 11) is 0. The van der Waals surface area contributed by atoms with Crippen LogP contribution in [-0.4, -0.2) is 17.2 Å². The van der Waals surface area contributed by atoms with Crippen LogP contribution in [0.5, 0.6) is 5.75 Å². The van der Waals surface area contributed by atoms with Gasteiger partial charge in [0.25, 0.3) is 0 Å². The monoisotopic (exact) mass is 200 g/mol. The molecule has 0 aliphatic carbocycles. The summed E-state index contributed by atoms with van der Waals surface area (Å²) in [5.74, 6) is -2.87. The zero-order valence-electron chi connectivity index (χ0n) is 6.96. The van der Waals surface area contributed by atoms with Crippen molar-refractivity contribution >= 4 is 5.97 Å². The Morgan fingerprint density at radius 2 is 2.07 bits per heavy atom. The van der Waals surface area contributed by atoms with E-state index in [1.165, 1.54) is 0 Å². The highest BCUT2D eigenvalue weighted by atomic mass is 19.1. The van der Waals surface area contributed by atoms with Gasteiger partial charge < -0.3 is 9.84 Å². The van der Waals surface area contributed by atoms with E-state index in [-0.39, 0.29) is 17.7 Å². The van der Waals surface area contributed by atoms with Crippen LogP contribution in [-0.2, 0) is 11.2 Å². The molecule has 0 aromatic heterocycles. The van der Waals surface area contributed by atoms with Crippen LogP contribution < -0.4 is 4.74 Å². The Balaban J connectivity index is 2.43. The van der Waals surface area contributed by atoms with E-state index in [1.54, 1.807) is 0 Å². The zero-order valence-corrected chi connectivity index (χ0v) is 6.96. The molecule has 1 aliphatic rings. The highest BCUT2D eigenvalue weighted by Gasteiger charge is 2.33. The van der Waals surface area contributed by atoms with Crippen LogP contribution in [0, 0.1) is 11.6 Å². The van der Waals surface area contributed by atoms with Gasteiger partial charge in [-0.25, -0.2) is 13.6 Å². The maximum absolute atomic E-state index is 13.1. The molecule has 1 aromatic rings. The Kier molecular flexibility index (Phi) is 1.87. The standard InChI is InChI=1S/C9H6F2O3/c10-5-1-2-6(11)8-4(5)3-7(14-8)9(12)13/h1-2,7H,3H2,(H,12,13). The van der Waals surface area contributed by atoms with Gasteiger partial charge in [0.15, 0.2) is 17.7 Å². The normalized spacial score (nSPS) is 18.9. The largest absolute Gasteiger partial charge is 0.478 e. The third-order valence-electron chi connectivity index (χ3n) is 2.08. The highest BCUT2D eigenvalue weighted by Crippen LogP contribution is 2.33. The number of rotatable bonds is 1. The SMILES string of the molecule is O=C(O)C1Cc2c(F)ccc(F)c2O1. The van der Waals surface area contributed by atoms with Crippen LogP contribution in [0.1, 0.15) is 5.56 Å². The molecule has 2 rings (SSSR count). The Morgan fingerprint density at radius 1 is 1.43 bits per heavy atom. The second-order valence-corrected chi connectivity index (χ2v) is 2.99. The minimum absolute atomic E-state index is 0.00241. The van der Waals surface area contributed by atoms with Crippen LogP contribution in [0.3, 0.4) is 0 Å². The molecule has 0 saturated heterocycles. The smallest absolute Gasteiger partial charge is 0.345 e. The van der Waals surface area contributed by atoms with E-state index < -0.39 is 23.7 Å². The third-order valence-corrected chi connectivity index (χ3v) is 2.08. The number of benzene rings is 1. The Bertz CT molecular complexity index is 372. The molecule has 0 bridgehead atoms. The summed E-state index contributed by atoms with van der Waals surface area (Å²) in [6.07, 6.45) is -1.31. The predicted molar refractivity (Wildman–Crippen MR) is 42.1 cm³/mol. The molecule has 0 saturated carbocycles. The molecule has 1 aromatic carbocycles. The van der Waals surface area contributed by atoms with Crippen molar-refractivity contribution in [2.45, 2.75) is 12.5 Å². The lowest BCUT2D eigenvalue weighted by Crippen LogP contribution is -2.24. The van der Waals surface area contributed by atoms with E-state index in [4.69, 9.17) is 9.84 Å². The minimum Gasteiger partial charge on any atom is -0.478 e. The van der Waals surface area contributed by atoms with Crippen molar-refractivity contribution in [3.63, 3.8) is 0 Å². The molecule has 1 atom stereocenters. The van der Waals surface area contributed by atoms with E-state index in [0.717, 1.165) is 12.1 Å². The van der Waals surface area contributed by atoms with Gasteiger partial charge in [-0.2, -0.15) is 0 Å². The number of halogens is 2. The van der Waals surface area contributed by atoms with Crippen molar-refractivity contribution < 1.29 is 23.4 Å². The number of hydrogen-bond donors (Lipinski definition) is 1. The first-order chi connectivity index (χ1) is 6.59. The van der Waals surface area contributed by atoms with Gasteiger partial charge in [-0.05, 0) is 12.1 Å². The molecule has 1 heterocycles. The minimum atomic E-state index is -1.22. The topological polar surface area (TPSA) is 46.5 Å². The van der Waals surface area contributed by atoms with E-state index in [1.807, 2.05) is 0 Å². The number of aliphatic carboxylic acids is 1.